The average Bonchev–Trinajstić information content (AvgIpc) is 2.38. The third kappa shape index (κ3) is 9.20. The Balaban J connectivity index is 3.41. The SMILES string of the molecule is CCCN(CC)C(=O)CCCCCCCCC=O. The van der Waals surface area contributed by atoms with Gasteiger partial charge in [0.05, 0.1) is 0 Å². The number of aldehydes is 1. The van der Waals surface area contributed by atoms with Crippen LogP contribution >= 0.6 is 0 Å². The van der Waals surface area contributed by atoms with Gasteiger partial charge in [0.25, 0.3) is 0 Å². The van der Waals surface area contributed by atoms with Crippen LogP contribution in [0.3, 0.4) is 0 Å². The fourth-order valence-electron chi connectivity index (χ4n) is 2.10. The molecule has 0 aromatic rings. The van der Waals surface area contributed by atoms with Crippen LogP contribution in [0.1, 0.15) is 71.6 Å². The van der Waals surface area contributed by atoms with Gasteiger partial charge in [-0.15, -0.1) is 0 Å². The van der Waals surface area contributed by atoms with Crippen LogP contribution < -0.4 is 0 Å². The van der Waals surface area contributed by atoms with Gasteiger partial charge in [-0.25, -0.2) is 0 Å². The summed E-state index contributed by atoms with van der Waals surface area (Å²) in [4.78, 5) is 23.9. The minimum Gasteiger partial charge on any atom is -0.343 e. The lowest BCUT2D eigenvalue weighted by atomic mass is 10.1. The summed E-state index contributed by atoms with van der Waals surface area (Å²) in [6, 6.07) is 0. The highest BCUT2D eigenvalue weighted by Crippen LogP contribution is 2.09. The molecule has 0 aliphatic rings. The van der Waals surface area contributed by atoms with E-state index in [4.69, 9.17) is 0 Å². The molecule has 0 saturated heterocycles. The van der Waals surface area contributed by atoms with E-state index in [0.717, 1.165) is 51.5 Å². The first kappa shape index (κ1) is 17.1. The third-order valence-electron chi connectivity index (χ3n) is 3.19. The summed E-state index contributed by atoms with van der Waals surface area (Å²) in [5.74, 6) is 0.306. The Morgan fingerprint density at radius 2 is 1.61 bits per heavy atom. The zero-order chi connectivity index (χ0) is 13.6. The van der Waals surface area contributed by atoms with Crippen molar-refractivity contribution in [3.63, 3.8) is 0 Å². The van der Waals surface area contributed by atoms with Gasteiger partial charge >= 0.3 is 0 Å². The van der Waals surface area contributed by atoms with Crippen molar-refractivity contribution in [3.05, 3.63) is 0 Å². The van der Waals surface area contributed by atoms with Crippen molar-refractivity contribution < 1.29 is 9.59 Å². The fraction of sp³-hybridized carbons (Fsp3) is 0.867. The fourth-order valence-corrected chi connectivity index (χ4v) is 2.10. The highest BCUT2D eigenvalue weighted by molar-refractivity contribution is 5.76. The van der Waals surface area contributed by atoms with Gasteiger partial charge in [-0.1, -0.05) is 32.6 Å². The zero-order valence-electron chi connectivity index (χ0n) is 12.1. The van der Waals surface area contributed by atoms with E-state index in [1.165, 1.54) is 12.8 Å². The first-order valence-electron chi connectivity index (χ1n) is 7.47. The number of carbonyl (C=O) groups excluding carboxylic acids is 2. The van der Waals surface area contributed by atoms with Crippen molar-refractivity contribution in [2.45, 2.75) is 71.6 Å². The van der Waals surface area contributed by atoms with Crippen LogP contribution in [0.2, 0.25) is 0 Å². The second-order valence-corrected chi connectivity index (χ2v) is 4.80. The maximum absolute atomic E-state index is 11.8. The van der Waals surface area contributed by atoms with E-state index in [-0.39, 0.29) is 0 Å². The molecule has 0 fully saturated rings. The maximum atomic E-state index is 11.8. The van der Waals surface area contributed by atoms with Gasteiger partial charge in [0.2, 0.25) is 5.91 Å². The molecule has 0 rings (SSSR count). The molecule has 0 heterocycles. The number of amides is 1. The lowest BCUT2D eigenvalue weighted by Gasteiger charge is -2.19. The van der Waals surface area contributed by atoms with Crippen molar-refractivity contribution in [2.24, 2.45) is 0 Å². The Labute approximate surface area is 112 Å². The summed E-state index contributed by atoms with van der Waals surface area (Å²) in [7, 11) is 0. The van der Waals surface area contributed by atoms with Crippen LogP contribution in [0.25, 0.3) is 0 Å². The third-order valence-corrected chi connectivity index (χ3v) is 3.19. The Morgan fingerprint density at radius 1 is 1.00 bits per heavy atom. The molecular formula is C15H29NO2. The normalized spacial score (nSPS) is 10.3. The Kier molecular flexibility index (Phi) is 12.0. The van der Waals surface area contributed by atoms with Gasteiger partial charge in [0.15, 0.2) is 0 Å². The van der Waals surface area contributed by atoms with E-state index in [1.54, 1.807) is 0 Å². The summed E-state index contributed by atoms with van der Waals surface area (Å²) >= 11 is 0. The molecule has 0 aliphatic heterocycles. The molecule has 0 aromatic heterocycles. The predicted octanol–water partition coefficient (Wildman–Crippen LogP) is 3.56. The summed E-state index contributed by atoms with van der Waals surface area (Å²) in [5.41, 5.74) is 0. The van der Waals surface area contributed by atoms with Crippen molar-refractivity contribution in [3.8, 4) is 0 Å². The standard InChI is InChI=1S/C15H29NO2/c1-3-13-16(4-2)15(18)12-10-8-6-5-7-9-11-14-17/h14H,3-13H2,1-2H3. The van der Waals surface area contributed by atoms with Crippen molar-refractivity contribution in [1.29, 1.82) is 0 Å². The van der Waals surface area contributed by atoms with E-state index in [9.17, 15) is 9.59 Å². The molecule has 0 atom stereocenters. The molecule has 106 valence electrons. The maximum Gasteiger partial charge on any atom is 0.222 e. The Hall–Kier alpha value is -0.860. The van der Waals surface area contributed by atoms with Crippen LogP contribution in [0, 0.1) is 0 Å². The van der Waals surface area contributed by atoms with Gasteiger partial charge in [0.1, 0.15) is 6.29 Å². The molecule has 0 radical (unpaired) electrons. The lowest BCUT2D eigenvalue weighted by Crippen LogP contribution is -2.31. The molecule has 0 unspecified atom stereocenters. The highest BCUT2D eigenvalue weighted by atomic mass is 16.2. The minimum atomic E-state index is 0.306. The summed E-state index contributed by atoms with van der Waals surface area (Å²) in [6.45, 7) is 5.87. The van der Waals surface area contributed by atoms with Gasteiger partial charge < -0.3 is 9.69 Å². The predicted molar refractivity (Wildman–Crippen MR) is 75.5 cm³/mol. The second kappa shape index (κ2) is 12.6. The van der Waals surface area contributed by atoms with Crippen LogP contribution in [0.15, 0.2) is 0 Å². The first-order chi connectivity index (χ1) is 8.76. The van der Waals surface area contributed by atoms with Crippen LogP contribution in [-0.2, 0) is 9.59 Å². The molecule has 0 aliphatic carbocycles. The van der Waals surface area contributed by atoms with Crippen LogP contribution in [-0.4, -0.2) is 30.2 Å². The molecule has 0 aromatic carbocycles. The summed E-state index contributed by atoms with van der Waals surface area (Å²) in [5, 5.41) is 0. The minimum absolute atomic E-state index is 0.306. The van der Waals surface area contributed by atoms with Gasteiger partial charge in [-0.3, -0.25) is 4.79 Å². The summed E-state index contributed by atoms with van der Waals surface area (Å²) in [6.07, 6.45) is 10.1. The van der Waals surface area contributed by atoms with E-state index in [0.29, 0.717) is 18.7 Å². The van der Waals surface area contributed by atoms with Crippen molar-refractivity contribution in [2.75, 3.05) is 13.1 Å². The Bertz CT molecular complexity index is 217. The molecule has 3 nitrogen and oxygen atoms in total. The number of nitrogens with zero attached hydrogens (tertiary/aromatic N) is 1. The molecular weight excluding hydrogens is 226 g/mol. The van der Waals surface area contributed by atoms with E-state index >= 15 is 0 Å². The van der Waals surface area contributed by atoms with E-state index in [2.05, 4.69) is 6.92 Å². The quantitative estimate of drug-likeness (QED) is 0.395. The van der Waals surface area contributed by atoms with Crippen LogP contribution in [0.4, 0.5) is 0 Å². The van der Waals surface area contributed by atoms with Crippen LogP contribution in [0.5, 0.6) is 0 Å². The number of unbranched alkanes of at least 4 members (excludes halogenated alkanes) is 6. The average molecular weight is 255 g/mol. The van der Waals surface area contributed by atoms with Crippen molar-refractivity contribution in [1.82, 2.24) is 4.90 Å². The molecule has 3 heteroatoms. The number of hydrogen-bond donors (Lipinski definition) is 0. The van der Waals surface area contributed by atoms with E-state index in [1.807, 2.05) is 11.8 Å². The largest absolute Gasteiger partial charge is 0.343 e. The number of rotatable bonds is 12. The smallest absolute Gasteiger partial charge is 0.222 e. The number of hydrogen-bond acceptors (Lipinski definition) is 2. The monoisotopic (exact) mass is 255 g/mol. The van der Waals surface area contributed by atoms with Gasteiger partial charge in [-0.2, -0.15) is 0 Å². The van der Waals surface area contributed by atoms with Gasteiger partial charge in [-0.05, 0) is 26.2 Å². The second-order valence-electron chi connectivity index (χ2n) is 4.80. The Morgan fingerprint density at radius 3 is 2.17 bits per heavy atom. The van der Waals surface area contributed by atoms with Gasteiger partial charge in [0, 0.05) is 25.9 Å². The molecule has 0 saturated carbocycles. The van der Waals surface area contributed by atoms with E-state index < -0.39 is 0 Å². The molecule has 0 spiro atoms. The number of carbonyl (C=O) groups is 2. The topological polar surface area (TPSA) is 37.4 Å². The molecule has 1 amide bonds. The zero-order valence-corrected chi connectivity index (χ0v) is 12.1. The summed E-state index contributed by atoms with van der Waals surface area (Å²) < 4.78 is 0. The molecule has 0 N–H and O–H groups in total. The lowest BCUT2D eigenvalue weighted by molar-refractivity contribution is -0.131. The highest BCUT2D eigenvalue weighted by Gasteiger charge is 2.09. The van der Waals surface area contributed by atoms with Crippen molar-refractivity contribution >= 4 is 12.2 Å². The molecule has 18 heavy (non-hydrogen) atoms. The first-order valence-corrected chi connectivity index (χ1v) is 7.47. The molecule has 0 bridgehead atoms.